The molecule has 0 spiro atoms. The first-order chi connectivity index (χ1) is 11.8. The van der Waals surface area contributed by atoms with Crippen LogP contribution in [0.1, 0.15) is 31.2 Å². The van der Waals surface area contributed by atoms with Gasteiger partial charge in [0.1, 0.15) is 0 Å². The lowest BCUT2D eigenvalue weighted by Gasteiger charge is -2.20. The average Bonchev–Trinajstić information content (AvgIpc) is 3.12. The SMILES string of the molecule is CN=C(NCCOC)NCc1cccc(OC)c1OC1CCCC1.I. The molecular formula is C18H30IN3O3. The van der Waals surface area contributed by atoms with Crippen LogP contribution in [0.5, 0.6) is 11.5 Å². The summed E-state index contributed by atoms with van der Waals surface area (Å²) in [4.78, 5) is 4.22. The van der Waals surface area contributed by atoms with Gasteiger partial charge >= 0.3 is 0 Å². The highest BCUT2D eigenvalue weighted by Crippen LogP contribution is 2.34. The molecule has 2 rings (SSSR count). The van der Waals surface area contributed by atoms with Crippen LogP contribution >= 0.6 is 24.0 Å². The Kier molecular flexibility index (Phi) is 10.6. The van der Waals surface area contributed by atoms with Crippen molar-refractivity contribution in [3.05, 3.63) is 23.8 Å². The normalized spacial score (nSPS) is 14.8. The standard InChI is InChI=1S/C18H29N3O3.HI/c1-19-18(20-11-12-22-2)21-13-14-7-6-10-16(23-3)17(14)24-15-8-4-5-9-15;/h6-7,10,15H,4-5,8-9,11-13H2,1-3H3,(H2,19,20,21);1H. The van der Waals surface area contributed by atoms with Gasteiger partial charge in [0.15, 0.2) is 17.5 Å². The van der Waals surface area contributed by atoms with Crippen molar-refractivity contribution >= 4 is 29.9 Å². The first-order valence-corrected chi connectivity index (χ1v) is 8.54. The van der Waals surface area contributed by atoms with Gasteiger partial charge in [-0.25, -0.2) is 0 Å². The summed E-state index contributed by atoms with van der Waals surface area (Å²) in [7, 11) is 5.11. The molecule has 142 valence electrons. The van der Waals surface area contributed by atoms with E-state index in [2.05, 4.69) is 21.7 Å². The highest BCUT2D eigenvalue weighted by Gasteiger charge is 2.20. The van der Waals surface area contributed by atoms with E-state index in [9.17, 15) is 0 Å². The number of guanidine groups is 1. The summed E-state index contributed by atoms with van der Waals surface area (Å²) in [6, 6.07) is 5.99. The number of para-hydroxylation sites is 1. The number of hydrogen-bond donors (Lipinski definition) is 2. The molecule has 1 aliphatic carbocycles. The molecule has 0 atom stereocenters. The number of ether oxygens (including phenoxy) is 3. The molecule has 0 bridgehead atoms. The van der Waals surface area contributed by atoms with Crippen LogP contribution < -0.4 is 20.1 Å². The first kappa shape index (κ1) is 21.8. The summed E-state index contributed by atoms with van der Waals surface area (Å²) >= 11 is 0. The van der Waals surface area contributed by atoms with Crippen molar-refractivity contribution in [1.29, 1.82) is 0 Å². The molecule has 0 heterocycles. The minimum atomic E-state index is 0. The predicted octanol–water partition coefficient (Wildman–Crippen LogP) is 2.95. The number of nitrogens with one attached hydrogen (secondary N) is 2. The van der Waals surface area contributed by atoms with Crippen LogP contribution in [0.15, 0.2) is 23.2 Å². The van der Waals surface area contributed by atoms with E-state index in [1.54, 1.807) is 21.3 Å². The largest absolute Gasteiger partial charge is 0.493 e. The molecule has 0 aromatic heterocycles. The van der Waals surface area contributed by atoms with Crippen LogP contribution in [0, 0.1) is 0 Å². The van der Waals surface area contributed by atoms with Crippen molar-refractivity contribution in [3.63, 3.8) is 0 Å². The van der Waals surface area contributed by atoms with E-state index in [4.69, 9.17) is 14.2 Å². The first-order valence-electron chi connectivity index (χ1n) is 8.54. The Morgan fingerprint density at radius 3 is 2.60 bits per heavy atom. The van der Waals surface area contributed by atoms with Gasteiger partial charge in [-0.2, -0.15) is 0 Å². The second-order valence-electron chi connectivity index (χ2n) is 5.82. The van der Waals surface area contributed by atoms with Gasteiger partial charge in [-0.05, 0) is 31.7 Å². The third-order valence-corrected chi connectivity index (χ3v) is 4.14. The molecule has 1 fully saturated rings. The van der Waals surface area contributed by atoms with Gasteiger partial charge in [0.2, 0.25) is 0 Å². The molecule has 0 amide bonds. The highest BCUT2D eigenvalue weighted by atomic mass is 127. The summed E-state index contributed by atoms with van der Waals surface area (Å²) in [6.45, 7) is 1.96. The van der Waals surface area contributed by atoms with E-state index in [-0.39, 0.29) is 24.0 Å². The Balaban J connectivity index is 0.00000312. The van der Waals surface area contributed by atoms with Gasteiger partial charge in [0.25, 0.3) is 0 Å². The lowest BCUT2D eigenvalue weighted by molar-refractivity contribution is 0.198. The maximum atomic E-state index is 6.25. The third kappa shape index (κ3) is 6.89. The van der Waals surface area contributed by atoms with E-state index in [0.29, 0.717) is 25.8 Å². The molecule has 0 radical (unpaired) electrons. The minimum absolute atomic E-state index is 0. The quantitative estimate of drug-likeness (QED) is 0.269. The number of methoxy groups -OCH3 is 2. The van der Waals surface area contributed by atoms with Crippen LogP contribution in [0.2, 0.25) is 0 Å². The minimum Gasteiger partial charge on any atom is -0.493 e. The van der Waals surface area contributed by atoms with Crippen LogP contribution in [0.3, 0.4) is 0 Å². The van der Waals surface area contributed by atoms with Gasteiger partial charge in [-0.3, -0.25) is 4.99 Å². The fourth-order valence-electron chi connectivity index (χ4n) is 2.84. The number of hydrogen-bond acceptors (Lipinski definition) is 4. The second-order valence-corrected chi connectivity index (χ2v) is 5.82. The zero-order valence-electron chi connectivity index (χ0n) is 15.3. The summed E-state index contributed by atoms with van der Waals surface area (Å²) in [5.74, 6) is 2.36. The predicted molar refractivity (Wildman–Crippen MR) is 111 cm³/mol. The molecule has 1 aromatic rings. The average molecular weight is 463 g/mol. The maximum Gasteiger partial charge on any atom is 0.191 e. The van der Waals surface area contributed by atoms with Crippen molar-refractivity contribution in [2.24, 2.45) is 4.99 Å². The molecule has 0 aliphatic heterocycles. The van der Waals surface area contributed by atoms with E-state index in [1.807, 2.05) is 12.1 Å². The van der Waals surface area contributed by atoms with Crippen LogP contribution in [0.4, 0.5) is 0 Å². The molecule has 1 aromatic carbocycles. The number of benzene rings is 1. The molecule has 7 heteroatoms. The van der Waals surface area contributed by atoms with Crippen molar-refractivity contribution in [2.45, 2.75) is 38.3 Å². The van der Waals surface area contributed by atoms with Crippen LogP contribution in [-0.2, 0) is 11.3 Å². The molecule has 25 heavy (non-hydrogen) atoms. The van der Waals surface area contributed by atoms with Gasteiger partial charge in [-0.15, -0.1) is 24.0 Å². The lowest BCUT2D eigenvalue weighted by atomic mass is 10.1. The van der Waals surface area contributed by atoms with E-state index in [0.717, 1.165) is 35.9 Å². The Morgan fingerprint density at radius 2 is 1.96 bits per heavy atom. The van der Waals surface area contributed by atoms with Crippen molar-refractivity contribution < 1.29 is 14.2 Å². The number of halogens is 1. The summed E-state index contributed by atoms with van der Waals surface area (Å²) in [5, 5.41) is 6.51. The third-order valence-electron chi connectivity index (χ3n) is 4.14. The monoisotopic (exact) mass is 463 g/mol. The fraction of sp³-hybridized carbons (Fsp3) is 0.611. The number of rotatable bonds is 8. The molecule has 0 saturated heterocycles. The highest BCUT2D eigenvalue weighted by molar-refractivity contribution is 14.0. The zero-order valence-corrected chi connectivity index (χ0v) is 17.7. The number of nitrogens with zero attached hydrogens (tertiary/aromatic N) is 1. The molecule has 0 unspecified atom stereocenters. The van der Waals surface area contributed by atoms with Crippen molar-refractivity contribution in [3.8, 4) is 11.5 Å². The van der Waals surface area contributed by atoms with Crippen molar-refractivity contribution in [1.82, 2.24) is 10.6 Å². The van der Waals surface area contributed by atoms with Crippen molar-refractivity contribution in [2.75, 3.05) is 34.4 Å². The van der Waals surface area contributed by atoms with Gasteiger partial charge in [0.05, 0.1) is 19.8 Å². The molecular weight excluding hydrogens is 433 g/mol. The zero-order chi connectivity index (χ0) is 17.2. The second kappa shape index (κ2) is 12.2. The lowest BCUT2D eigenvalue weighted by Crippen LogP contribution is -2.38. The summed E-state index contributed by atoms with van der Waals surface area (Å²) < 4.78 is 16.8. The van der Waals surface area contributed by atoms with Gasteiger partial charge in [-0.1, -0.05) is 12.1 Å². The Hall–Kier alpha value is -1.22. The van der Waals surface area contributed by atoms with Gasteiger partial charge in [0, 0.05) is 32.8 Å². The molecule has 1 saturated carbocycles. The summed E-state index contributed by atoms with van der Waals surface area (Å²) in [6.07, 6.45) is 5.00. The topological polar surface area (TPSA) is 64.1 Å². The summed E-state index contributed by atoms with van der Waals surface area (Å²) in [5.41, 5.74) is 1.07. The molecule has 2 N–H and O–H groups in total. The Bertz CT molecular complexity index is 534. The van der Waals surface area contributed by atoms with E-state index >= 15 is 0 Å². The fourth-order valence-corrected chi connectivity index (χ4v) is 2.84. The van der Waals surface area contributed by atoms with Crippen LogP contribution in [-0.4, -0.2) is 46.5 Å². The van der Waals surface area contributed by atoms with Gasteiger partial charge < -0.3 is 24.8 Å². The smallest absolute Gasteiger partial charge is 0.191 e. The Morgan fingerprint density at radius 1 is 1.20 bits per heavy atom. The van der Waals surface area contributed by atoms with E-state index in [1.165, 1.54) is 12.8 Å². The van der Waals surface area contributed by atoms with Crippen LogP contribution in [0.25, 0.3) is 0 Å². The maximum absolute atomic E-state index is 6.25. The van der Waals surface area contributed by atoms with E-state index < -0.39 is 0 Å². The molecule has 6 nitrogen and oxygen atoms in total. The number of aliphatic imine (C=N–C) groups is 1. The Labute approximate surface area is 167 Å². The molecule has 1 aliphatic rings.